The summed E-state index contributed by atoms with van der Waals surface area (Å²) < 4.78 is 0. The third-order valence-electron chi connectivity index (χ3n) is 3.05. The van der Waals surface area contributed by atoms with Gasteiger partial charge in [0.15, 0.2) is 5.78 Å². The van der Waals surface area contributed by atoms with Crippen LogP contribution in [0.1, 0.15) is 31.1 Å². The van der Waals surface area contributed by atoms with Crippen LogP contribution in [0.4, 0.5) is 0 Å². The van der Waals surface area contributed by atoms with Crippen LogP contribution >= 0.6 is 0 Å². The van der Waals surface area contributed by atoms with Crippen molar-refractivity contribution in [2.75, 3.05) is 0 Å². The highest BCUT2D eigenvalue weighted by molar-refractivity contribution is 5.94. The number of nitrogens with one attached hydrogen (secondary N) is 1. The van der Waals surface area contributed by atoms with Gasteiger partial charge < -0.3 is 10.1 Å². The topological polar surface area (TPSA) is 66.0 Å². The van der Waals surface area contributed by atoms with Crippen molar-refractivity contribution in [1.82, 2.24) is 9.97 Å². The number of hydrogen-bond donors (Lipinski definition) is 2. The smallest absolute Gasteiger partial charge is 0.161 e. The summed E-state index contributed by atoms with van der Waals surface area (Å²) in [6, 6.07) is 10.6. The van der Waals surface area contributed by atoms with Crippen LogP contribution in [0.2, 0.25) is 0 Å². The molecule has 0 radical (unpaired) electrons. The van der Waals surface area contributed by atoms with Crippen molar-refractivity contribution in [3.8, 4) is 17.1 Å². The number of phenolic OH excluding ortho intramolecular Hbond substituents is 1. The first-order chi connectivity index (χ1) is 10.1. The van der Waals surface area contributed by atoms with E-state index in [2.05, 4.69) is 9.97 Å². The molecule has 0 fully saturated rings. The molecule has 2 N–H and O–H groups in total. The molecule has 0 amide bonds. The minimum Gasteiger partial charge on any atom is -0.508 e. The molecule has 3 rings (SSSR count). The predicted octanol–water partition coefficient (Wildman–Crippen LogP) is 4.16. The van der Waals surface area contributed by atoms with Crippen molar-refractivity contribution in [3.63, 3.8) is 0 Å². The van der Waals surface area contributed by atoms with Gasteiger partial charge in [-0.15, -0.1) is 0 Å². The Bertz CT molecular complexity index is 758. The molecule has 4 heteroatoms. The highest BCUT2D eigenvalue weighted by Gasteiger charge is 2.06. The number of rotatable bonds is 2. The van der Waals surface area contributed by atoms with Crippen molar-refractivity contribution in [2.45, 2.75) is 20.8 Å². The minimum atomic E-state index is 0.000573. The number of aromatic hydroxyl groups is 1. The van der Waals surface area contributed by atoms with Gasteiger partial charge in [-0.2, -0.15) is 0 Å². The van der Waals surface area contributed by atoms with Crippen LogP contribution in [0.15, 0.2) is 42.6 Å². The van der Waals surface area contributed by atoms with Crippen LogP contribution in [0, 0.1) is 0 Å². The highest BCUT2D eigenvalue weighted by Crippen LogP contribution is 2.25. The van der Waals surface area contributed by atoms with Crippen molar-refractivity contribution < 1.29 is 9.90 Å². The van der Waals surface area contributed by atoms with Crippen molar-refractivity contribution in [2.24, 2.45) is 0 Å². The largest absolute Gasteiger partial charge is 0.508 e. The van der Waals surface area contributed by atoms with Crippen molar-refractivity contribution in [1.29, 1.82) is 0 Å². The Morgan fingerprint density at radius 1 is 1.14 bits per heavy atom. The van der Waals surface area contributed by atoms with E-state index in [0.717, 1.165) is 22.3 Å². The van der Waals surface area contributed by atoms with E-state index in [9.17, 15) is 9.90 Å². The molecule has 0 aliphatic carbocycles. The van der Waals surface area contributed by atoms with Gasteiger partial charge in [-0.05, 0) is 43.3 Å². The SMILES string of the molecule is CC.CC(=O)c1ccc(-c2cc3cc(O)ccc3[nH]2)nc1. The quantitative estimate of drug-likeness (QED) is 0.693. The summed E-state index contributed by atoms with van der Waals surface area (Å²) in [5.41, 5.74) is 3.15. The Labute approximate surface area is 123 Å². The summed E-state index contributed by atoms with van der Waals surface area (Å²) in [6.45, 7) is 5.52. The van der Waals surface area contributed by atoms with Crippen LogP contribution in [-0.4, -0.2) is 20.9 Å². The molecule has 0 aliphatic rings. The number of benzene rings is 1. The molecule has 0 saturated heterocycles. The Hall–Kier alpha value is -2.62. The van der Waals surface area contributed by atoms with E-state index in [-0.39, 0.29) is 11.5 Å². The Kier molecular flexibility index (Phi) is 4.38. The maximum Gasteiger partial charge on any atom is 0.161 e. The van der Waals surface area contributed by atoms with Crippen molar-refractivity contribution in [3.05, 3.63) is 48.2 Å². The summed E-state index contributed by atoms with van der Waals surface area (Å²) in [4.78, 5) is 18.7. The molecular weight excluding hydrogens is 264 g/mol. The molecule has 0 aliphatic heterocycles. The Balaban J connectivity index is 0.000000774. The Morgan fingerprint density at radius 3 is 2.52 bits per heavy atom. The number of pyridine rings is 1. The summed E-state index contributed by atoms with van der Waals surface area (Å²) in [5.74, 6) is 0.235. The molecule has 0 bridgehead atoms. The molecule has 0 spiro atoms. The Morgan fingerprint density at radius 2 is 1.90 bits per heavy atom. The number of aromatic nitrogens is 2. The molecule has 4 nitrogen and oxygen atoms in total. The van der Waals surface area contributed by atoms with E-state index in [1.54, 1.807) is 30.5 Å². The number of ketones is 1. The average Bonchev–Trinajstić information content (AvgIpc) is 2.92. The zero-order valence-electron chi connectivity index (χ0n) is 12.3. The first-order valence-corrected chi connectivity index (χ1v) is 6.92. The van der Waals surface area contributed by atoms with Gasteiger partial charge in [0.25, 0.3) is 0 Å². The van der Waals surface area contributed by atoms with E-state index in [4.69, 9.17) is 0 Å². The zero-order chi connectivity index (χ0) is 15.4. The van der Waals surface area contributed by atoms with Crippen LogP contribution < -0.4 is 0 Å². The lowest BCUT2D eigenvalue weighted by atomic mass is 10.2. The zero-order valence-corrected chi connectivity index (χ0v) is 12.3. The number of nitrogens with zero attached hydrogens (tertiary/aromatic N) is 1. The van der Waals surface area contributed by atoms with Crippen LogP contribution in [0.5, 0.6) is 5.75 Å². The molecule has 0 atom stereocenters. The van der Waals surface area contributed by atoms with Gasteiger partial charge in [0.1, 0.15) is 5.75 Å². The number of carbonyl (C=O) groups excluding carboxylic acids is 1. The number of carbonyl (C=O) groups is 1. The second-order valence-electron chi connectivity index (χ2n) is 4.44. The third-order valence-corrected chi connectivity index (χ3v) is 3.05. The van der Waals surface area contributed by atoms with E-state index >= 15 is 0 Å². The summed E-state index contributed by atoms with van der Waals surface area (Å²) in [6.07, 6.45) is 1.57. The molecule has 1 aromatic carbocycles. The molecule has 3 aromatic rings. The second-order valence-corrected chi connectivity index (χ2v) is 4.44. The van der Waals surface area contributed by atoms with Crippen LogP contribution in [0.25, 0.3) is 22.3 Å². The van der Waals surface area contributed by atoms with Gasteiger partial charge in [-0.3, -0.25) is 9.78 Å². The lowest BCUT2D eigenvalue weighted by Crippen LogP contribution is -1.93. The highest BCUT2D eigenvalue weighted by atomic mass is 16.3. The number of fused-ring (bicyclic) bond motifs is 1. The van der Waals surface area contributed by atoms with Gasteiger partial charge in [0.2, 0.25) is 0 Å². The van der Waals surface area contributed by atoms with E-state index < -0.39 is 0 Å². The second kappa shape index (κ2) is 6.22. The molecular formula is C17H18N2O2. The van der Waals surface area contributed by atoms with Gasteiger partial charge >= 0.3 is 0 Å². The number of Topliss-reactive ketones (excluding diaryl/α,β-unsaturated/α-hetero) is 1. The first kappa shape index (κ1) is 14.8. The standard InChI is InChI=1S/C15H12N2O2.C2H6/c1-9(18)10-2-4-14(16-8-10)15-7-11-6-12(19)3-5-13(11)17-15;1-2/h2-8,17,19H,1H3;1-2H3. The predicted molar refractivity (Wildman–Crippen MR) is 84.5 cm³/mol. The monoisotopic (exact) mass is 282 g/mol. The molecule has 21 heavy (non-hydrogen) atoms. The number of aromatic amines is 1. The normalized spacial score (nSPS) is 10.0. The molecule has 0 saturated carbocycles. The fourth-order valence-corrected chi connectivity index (χ4v) is 2.02. The van der Waals surface area contributed by atoms with Gasteiger partial charge in [0.05, 0.1) is 11.4 Å². The maximum absolute atomic E-state index is 11.2. The lowest BCUT2D eigenvalue weighted by Gasteiger charge is -1.98. The van der Waals surface area contributed by atoms with E-state index in [1.807, 2.05) is 26.0 Å². The summed E-state index contributed by atoms with van der Waals surface area (Å²) >= 11 is 0. The minimum absolute atomic E-state index is 0.000573. The maximum atomic E-state index is 11.2. The molecule has 2 aromatic heterocycles. The third kappa shape index (κ3) is 3.11. The fourth-order valence-electron chi connectivity index (χ4n) is 2.02. The molecule has 0 unspecified atom stereocenters. The molecule has 108 valence electrons. The molecule has 2 heterocycles. The number of H-pyrrole nitrogens is 1. The summed E-state index contributed by atoms with van der Waals surface area (Å²) in [7, 11) is 0. The number of phenols is 1. The van der Waals surface area contributed by atoms with Crippen LogP contribution in [0.3, 0.4) is 0 Å². The first-order valence-electron chi connectivity index (χ1n) is 6.92. The van der Waals surface area contributed by atoms with Gasteiger partial charge in [0, 0.05) is 22.7 Å². The fraction of sp³-hybridized carbons (Fsp3) is 0.176. The lowest BCUT2D eigenvalue weighted by molar-refractivity contribution is 0.101. The summed E-state index contributed by atoms with van der Waals surface area (Å²) in [5, 5.41) is 10.4. The van der Waals surface area contributed by atoms with Gasteiger partial charge in [-0.1, -0.05) is 13.8 Å². The van der Waals surface area contributed by atoms with Gasteiger partial charge in [-0.25, -0.2) is 0 Å². The number of hydrogen-bond acceptors (Lipinski definition) is 3. The van der Waals surface area contributed by atoms with E-state index in [1.165, 1.54) is 6.92 Å². The van der Waals surface area contributed by atoms with Crippen LogP contribution in [-0.2, 0) is 0 Å². The van der Waals surface area contributed by atoms with E-state index in [0.29, 0.717) is 5.56 Å². The van der Waals surface area contributed by atoms with Crippen molar-refractivity contribution >= 4 is 16.7 Å². The average molecular weight is 282 g/mol.